The van der Waals surface area contributed by atoms with Crippen molar-refractivity contribution in [2.24, 2.45) is 5.41 Å². The van der Waals surface area contributed by atoms with E-state index < -0.39 is 5.60 Å². The van der Waals surface area contributed by atoms with Crippen molar-refractivity contribution in [3.05, 3.63) is 29.3 Å². The van der Waals surface area contributed by atoms with Gasteiger partial charge in [-0.3, -0.25) is 0 Å². The van der Waals surface area contributed by atoms with E-state index in [1.165, 1.54) is 11.1 Å². The van der Waals surface area contributed by atoms with Crippen LogP contribution in [0.3, 0.4) is 0 Å². The van der Waals surface area contributed by atoms with Gasteiger partial charge in [0.05, 0.1) is 0 Å². The Balaban J connectivity index is 2.13. The van der Waals surface area contributed by atoms with Gasteiger partial charge in [-0.1, -0.05) is 26.8 Å². The predicted octanol–water partition coefficient (Wildman–Crippen LogP) is 4.54. The van der Waals surface area contributed by atoms with E-state index in [-0.39, 0.29) is 16.9 Å². The van der Waals surface area contributed by atoms with Gasteiger partial charge in [-0.25, -0.2) is 4.79 Å². The van der Waals surface area contributed by atoms with Gasteiger partial charge in [-0.05, 0) is 74.1 Å². The van der Waals surface area contributed by atoms with E-state index >= 15 is 0 Å². The highest BCUT2D eigenvalue weighted by Gasteiger charge is 2.45. The Kier molecular flexibility index (Phi) is 4.89. The number of ether oxygens (including phenoxy) is 1. The maximum atomic E-state index is 11.9. The molecule has 1 aromatic carbocycles. The van der Waals surface area contributed by atoms with E-state index in [1.54, 1.807) is 6.07 Å². The molecule has 1 amide bonds. The molecule has 0 heterocycles. The fraction of sp³-hybridized carbons (Fsp3) is 0.650. The molecule has 0 fully saturated rings. The fourth-order valence-electron chi connectivity index (χ4n) is 3.61. The van der Waals surface area contributed by atoms with Gasteiger partial charge in [0.1, 0.15) is 11.4 Å². The van der Waals surface area contributed by atoms with Crippen LogP contribution in [-0.4, -0.2) is 23.3 Å². The third-order valence-corrected chi connectivity index (χ3v) is 5.49. The lowest BCUT2D eigenvalue weighted by atomic mass is 9.55. The molecule has 1 aliphatic carbocycles. The first kappa shape index (κ1) is 18.6. The Morgan fingerprint density at radius 2 is 1.96 bits per heavy atom. The Labute approximate surface area is 145 Å². The number of hydrogen-bond acceptors (Lipinski definition) is 3. The molecule has 2 rings (SSSR count). The molecule has 0 spiro atoms. The summed E-state index contributed by atoms with van der Waals surface area (Å²) in [7, 11) is 0. The van der Waals surface area contributed by atoms with Crippen LogP contribution >= 0.6 is 0 Å². The average Bonchev–Trinajstić information content (AvgIpc) is 2.41. The lowest BCUT2D eigenvalue weighted by Crippen LogP contribution is -2.46. The summed E-state index contributed by atoms with van der Waals surface area (Å²) >= 11 is 0. The van der Waals surface area contributed by atoms with E-state index in [0.717, 1.165) is 19.3 Å². The molecule has 0 bridgehead atoms. The molecule has 0 radical (unpaired) electrons. The second-order valence-electron chi connectivity index (χ2n) is 8.74. The molecular weight excluding hydrogens is 302 g/mol. The van der Waals surface area contributed by atoms with Crippen LogP contribution in [-0.2, 0) is 16.6 Å². The van der Waals surface area contributed by atoms with Gasteiger partial charge in [0, 0.05) is 6.54 Å². The van der Waals surface area contributed by atoms with Gasteiger partial charge in [-0.2, -0.15) is 0 Å². The summed E-state index contributed by atoms with van der Waals surface area (Å²) < 4.78 is 5.31. The largest absolute Gasteiger partial charge is 0.508 e. The normalized spacial score (nSPS) is 22.6. The predicted molar refractivity (Wildman–Crippen MR) is 96.4 cm³/mol. The second kappa shape index (κ2) is 6.30. The minimum Gasteiger partial charge on any atom is -0.508 e. The SMILES string of the molecule is CC(C)(C)OC(=O)NCCC1(C)c2ccc(O)cc2CCC1(C)C. The number of amides is 1. The Morgan fingerprint density at radius 1 is 1.29 bits per heavy atom. The zero-order valence-corrected chi connectivity index (χ0v) is 15.8. The summed E-state index contributed by atoms with van der Waals surface area (Å²) in [6.45, 7) is 13.0. The number of rotatable bonds is 3. The highest BCUT2D eigenvalue weighted by atomic mass is 16.6. The minimum absolute atomic E-state index is 0.0662. The number of benzene rings is 1. The number of fused-ring (bicyclic) bond motifs is 1. The van der Waals surface area contributed by atoms with E-state index in [2.05, 4.69) is 26.1 Å². The minimum atomic E-state index is -0.484. The molecule has 24 heavy (non-hydrogen) atoms. The van der Waals surface area contributed by atoms with Crippen molar-refractivity contribution in [3.8, 4) is 5.75 Å². The van der Waals surface area contributed by atoms with Gasteiger partial charge in [0.25, 0.3) is 0 Å². The third kappa shape index (κ3) is 3.85. The molecule has 0 aliphatic heterocycles. The molecule has 1 unspecified atom stereocenters. The average molecular weight is 333 g/mol. The molecule has 134 valence electrons. The van der Waals surface area contributed by atoms with E-state index in [1.807, 2.05) is 32.9 Å². The molecule has 0 saturated heterocycles. The molecule has 4 nitrogen and oxygen atoms in total. The second-order valence-corrected chi connectivity index (χ2v) is 8.74. The lowest BCUT2D eigenvalue weighted by Gasteiger charge is -2.49. The number of nitrogens with one attached hydrogen (secondary N) is 1. The number of phenols is 1. The van der Waals surface area contributed by atoms with Crippen LogP contribution in [0.2, 0.25) is 0 Å². The molecule has 0 aromatic heterocycles. The van der Waals surface area contributed by atoms with Crippen LogP contribution in [0.25, 0.3) is 0 Å². The topological polar surface area (TPSA) is 58.6 Å². The highest BCUT2D eigenvalue weighted by molar-refractivity contribution is 5.67. The summed E-state index contributed by atoms with van der Waals surface area (Å²) in [5.74, 6) is 0.322. The number of aromatic hydroxyl groups is 1. The maximum Gasteiger partial charge on any atom is 0.407 e. The molecule has 1 atom stereocenters. The Morgan fingerprint density at radius 3 is 2.58 bits per heavy atom. The first-order valence-electron chi connectivity index (χ1n) is 8.74. The van der Waals surface area contributed by atoms with Gasteiger partial charge in [-0.15, -0.1) is 0 Å². The van der Waals surface area contributed by atoms with Crippen molar-refractivity contribution in [2.45, 2.75) is 71.8 Å². The van der Waals surface area contributed by atoms with E-state index in [4.69, 9.17) is 4.74 Å². The Hall–Kier alpha value is -1.71. The van der Waals surface area contributed by atoms with Crippen LogP contribution in [0.5, 0.6) is 5.75 Å². The number of carbonyl (C=O) groups is 1. The Bertz CT molecular complexity index is 616. The van der Waals surface area contributed by atoms with Crippen LogP contribution in [0.15, 0.2) is 18.2 Å². The van der Waals surface area contributed by atoms with Crippen LogP contribution in [0, 0.1) is 5.41 Å². The fourth-order valence-corrected chi connectivity index (χ4v) is 3.61. The van der Waals surface area contributed by atoms with Crippen molar-refractivity contribution in [3.63, 3.8) is 0 Å². The molecule has 2 N–H and O–H groups in total. The van der Waals surface area contributed by atoms with Gasteiger partial charge >= 0.3 is 6.09 Å². The summed E-state index contributed by atoms with van der Waals surface area (Å²) in [5, 5.41) is 12.7. The van der Waals surface area contributed by atoms with Gasteiger partial charge < -0.3 is 15.2 Å². The summed E-state index contributed by atoms with van der Waals surface area (Å²) in [5.41, 5.74) is 2.06. The molecular formula is C20H31NO3. The number of hydrogen-bond donors (Lipinski definition) is 2. The number of phenolic OH excluding ortho intramolecular Hbond substituents is 1. The molecule has 0 saturated carbocycles. The molecule has 1 aliphatic rings. The monoisotopic (exact) mass is 333 g/mol. The van der Waals surface area contributed by atoms with Crippen LogP contribution in [0.4, 0.5) is 4.79 Å². The maximum absolute atomic E-state index is 11.9. The van der Waals surface area contributed by atoms with Gasteiger partial charge in [0.15, 0.2) is 0 Å². The summed E-state index contributed by atoms with van der Waals surface area (Å²) in [4.78, 5) is 11.9. The highest BCUT2D eigenvalue weighted by Crippen LogP contribution is 2.52. The number of aryl methyl sites for hydroxylation is 1. The molecule has 1 aromatic rings. The van der Waals surface area contributed by atoms with Crippen LogP contribution < -0.4 is 5.32 Å². The zero-order valence-electron chi connectivity index (χ0n) is 15.8. The van der Waals surface area contributed by atoms with E-state index in [0.29, 0.717) is 12.3 Å². The zero-order chi connectivity index (χ0) is 18.2. The quantitative estimate of drug-likeness (QED) is 0.854. The third-order valence-electron chi connectivity index (χ3n) is 5.49. The van der Waals surface area contributed by atoms with Crippen molar-refractivity contribution in [2.75, 3.05) is 6.54 Å². The summed E-state index contributed by atoms with van der Waals surface area (Å²) in [6.07, 6.45) is 2.50. The number of carbonyl (C=O) groups excluding carboxylic acids is 1. The first-order valence-corrected chi connectivity index (χ1v) is 8.74. The van der Waals surface area contributed by atoms with Crippen molar-refractivity contribution in [1.82, 2.24) is 5.32 Å². The standard InChI is InChI=1S/C20H31NO3/c1-18(2,3)24-17(23)21-12-11-20(6)16-8-7-15(22)13-14(16)9-10-19(20,4)5/h7-8,13,22H,9-12H2,1-6H3,(H,21,23). The van der Waals surface area contributed by atoms with Gasteiger partial charge in [0.2, 0.25) is 0 Å². The summed E-state index contributed by atoms with van der Waals surface area (Å²) in [6, 6.07) is 5.68. The lowest BCUT2D eigenvalue weighted by molar-refractivity contribution is 0.0512. The van der Waals surface area contributed by atoms with E-state index in [9.17, 15) is 9.90 Å². The van der Waals surface area contributed by atoms with Crippen molar-refractivity contribution < 1.29 is 14.6 Å². The smallest absolute Gasteiger partial charge is 0.407 e. The molecule has 4 heteroatoms. The first-order chi connectivity index (χ1) is 10.9. The van der Waals surface area contributed by atoms with Crippen molar-refractivity contribution in [1.29, 1.82) is 0 Å². The van der Waals surface area contributed by atoms with Crippen LogP contribution in [0.1, 0.15) is 65.5 Å². The van der Waals surface area contributed by atoms with Crippen molar-refractivity contribution >= 4 is 6.09 Å². The number of alkyl carbamates (subject to hydrolysis) is 1.